The lowest BCUT2D eigenvalue weighted by Gasteiger charge is -2.24. The van der Waals surface area contributed by atoms with Crippen LogP contribution < -0.4 is 11.1 Å². The molecule has 9 rings (SSSR count). The average molecular weight is 738 g/mol. The molecule has 0 saturated heterocycles. The van der Waals surface area contributed by atoms with Crippen LogP contribution in [0.25, 0.3) is 86.9 Å². The van der Waals surface area contributed by atoms with E-state index in [4.69, 9.17) is 0 Å². The third kappa shape index (κ3) is 3.87. The van der Waals surface area contributed by atoms with Crippen LogP contribution in [0.2, 0.25) is 0 Å². The SMILES string of the molecule is CCCCC(C)n1c(=O)c2c3cc(-c4ccccc4I)c4ccc5ccc6c(-c7ccccc7C(C)(C)C)cc(c2c1=O)c1c6c5c4c31. The zero-order chi connectivity index (χ0) is 33.2. The van der Waals surface area contributed by atoms with E-state index in [0.29, 0.717) is 10.8 Å². The summed E-state index contributed by atoms with van der Waals surface area (Å²) in [5.41, 5.74) is 5.39. The van der Waals surface area contributed by atoms with Gasteiger partial charge in [0.1, 0.15) is 0 Å². The number of rotatable bonds is 6. The highest BCUT2D eigenvalue weighted by atomic mass is 127. The Morgan fingerprint density at radius 1 is 0.625 bits per heavy atom. The minimum Gasteiger partial charge on any atom is -0.271 e. The lowest BCUT2D eigenvalue weighted by molar-refractivity contribution is 0.470. The molecule has 0 aliphatic rings. The van der Waals surface area contributed by atoms with Crippen molar-refractivity contribution >= 4 is 87.2 Å². The second-order valence-corrected chi connectivity index (χ2v) is 15.9. The van der Waals surface area contributed by atoms with Gasteiger partial charge in [-0.1, -0.05) is 107 Å². The molecule has 1 heterocycles. The highest BCUT2D eigenvalue weighted by Gasteiger charge is 2.31. The van der Waals surface area contributed by atoms with Crippen molar-refractivity contribution < 1.29 is 0 Å². The Kier molecular flexibility index (Phi) is 6.43. The fraction of sp³-hybridized carbons (Fsp3) is 0.227. The minimum absolute atomic E-state index is 0.0872. The molecule has 1 atom stereocenters. The maximum Gasteiger partial charge on any atom is 0.262 e. The van der Waals surface area contributed by atoms with Crippen LogP contribution in [0.3, 0.4) is 0 Å². The van der Waals surface area contributed by atoms with Crippen LogP contribution in [-0.2, 0) is 5.41 Å². The molecular formula is C44H36INO2. The maximum atomic E-state index is 14.7. The van der Waals surface area contributed by atoms with Gasteiger partial charge in [-0.05, 0) is 141 Å². The van der Waals surface area contributed by atoms with Crippen LogP contribution in [0.4, 0.5) is 0 Å². The van der Waals surface area contributed by atoms with E-state index in [1.807, 2.05) is 6.92 Å². The summed E-state index contributed by atoms with van der Waals surface area (Å²) in [6, 6.07) is 30.4. The van der Waals surface area contributed by atoms with Gasteiger partial charge in [0.2, 0.25) is 0 Å². The highest BCUT2D eigenvalue weighted by Crippen LogP contribution is 2.54. The number of hydrogen-bond acceptors (Lipinski definition) is 2. The molecule has 236 valence electrons. The number of unbranched alkanes of at least 4 members (excludes halogenated alkanes) is 1. The van der Waals surface area contributed by atoms with E-state index in [2.05, 4.69) is 135 Å². The van der Waals surface area contributed by atoms with E-state index in [0.717, 1.165) is 61.1 Å². The fourth-order valence-corrected chi connectivity index (χ4v) is 9.41. The molecule has 0 bridgehead atoms. The smallest absolute Gasteiger partial charge is 0.262 e. The summed E-state index contributed by atoms with van der Waals surface area (Å²) in [5.74, 6) is 0. The van der Waals surface area contributed by atoms with Gasteiger partial charge in [0.05, 0.1) is 10.8 Å². The number of fused-ring (bicyclic) bond motifs is 3. The number of halogens is 1. The number of nitrogens with zero attached hydrogens (tertiary/aromatic N) is 1. The third-order valence-corrected chi connectivity index (χ3v) is 11.8. The fourth-order valence-electron chi connectivity index (χ4n) is 8.73. The molecule has 0 saturated carbocycles. The van der Waals surface area contributed by atoms with Crippen molar-refractivity contribution in [2.45, 2.75) is 65.3 Å². The van der Waals surface area contributed by atoms with Gasteiger partial charge in [-0.2, -0.15) is 0 Å². The molecule has 3 nitrogen and oxygen atoms in total. The third-order valence-electron chi connectivity index (χ3n) is 10.9. The van der Waals surface area contributed by atoms with Crippen LogP contribution in [0.15, 0.2) is 94.5 Å². The van der Waals surface area contributed by atoms with Crippen molar-refractivity contribution in [1.82, 2.24) is 4.57 Å². The van der Waals surface area contributed by atoms with Gasteiger partial charge in [-0.3, -0.25) is 14.2 Å². The molecule has 0 N–H and O–H groups in total. The van der Waals surface area contributed by atoms with E-state index in [9.17, 15) is 9.59 Å². The monoisotopic (exact) mass is 737 g/mol. The van der Waals surface area contributed by atoms with E-state index in [1.54, 1.807) is 4.57 Å². The lowest BCUT2D eigenvalue weighted by atomic mass is 9.80. The van der Waals surface area contributed by atoms with E-state index >= 15 is 0 Å². The second-order valence-electron chi connectivity index (χ2n) is 14.8. The van der Waals surface area contributed by atoms with Crippen molar-refractivity contribution in [3.8, 4) is 22.3 Å². The van der Waals surface area contributed by atoms with E-state index in [1.165, 1.54) is 43.4 Å². The van der Waals surface area contributed by atoms with Crippen LogP contribution in [0.5, 0.6) is 0 Å². The minimum atomic E-state index is -0.177. The average Bonchev–Trinajstić information content (AvgIpc) is 3.57. The first-order valence-electron chi connectivity index (χ1n) is 17.1. The maximum absolute atomic E-state index is 14.7. The topological polar surface area (TPSA) is 39.1 Å². The Hall–Kier alpha value is -4.29. The molecule has 4 heteroatoms. The molecule has 0 fully saturated rings. The van der Waals surface area contributed by atoms with Gasteiger partial charge >= 0.3 is 0 Å². The summed E-state index contributed by atoms with van der Waals surface area (Å²) in [6.45, 7) is 11.0. The Bertz CT molecular complexity index is 2820. The van der Waals surface area contributed by atoms with Gasteiger partial charge in [0, 0.05) is 9.61 Å². The van der Waals surface area contributed by atoms with Gasteiger partial charge in [0.25, 0.3) is 11.1 Å². The highest BCUT2D eigenvalue weighted by molar-refractivity contribution is 14.1. The van der Waals surface area contributed by atoms with E-state index < -0.39 is 0 Å². The van der Waals surface area contributed by atoms with Gasteiger partial charge < -0.3 is 0 Å². The Labute approximate surface area is 292 Å². The largest absolute Gasteiger partial charge is 0.271 e. The van der Waals surface area contributed by atoms with Crippen molar-refractivity contribution in [2.75, 3.05) is 0 Å². The second kappa shape index (κ2) is 10.4. The van der Waals surface area contributed by atoms with Gasteiger partial charge in [-0.25, -0.2) is 0 Å². The molecule has 1 unspecified atom stereocenters. The summed E-state index contributed by atoms with van der Waals surface area (Å²) < 4.78 is 2.72. The molecule has 0 aliphatic heterocycles. The zero-order valence-corrected chi connectivity index (χ0v) is 30.1. The Balaban J connectivity index is 1.58. The van der Waals surface area contributed by atoms with Crippen molar-refractivity contribution in [2.24, 2.45) is 0 Å². The predicted octanol–water partition coefficient (Wildman–Crippen LogP) is 11.9. The Morgan fingerprint density at radius 3 is 1.71 bits per heavy atom. The summed E-state index contributed by atoms with van der Waals surface area (Å²) in [4.78, 5) is 29.5. The quantitative estimate of drug-likeness (QED) is 0.126. The van der Waals surface area contributed by atoms with Crippen LogP contribution in [-0.4, -0.2) is 4.57 Å². The van der Waals surface area contributed by atoms with Crippen LogP contribution in [0, 0.1) is 3.57 Å². The molecule has 0 amide bonds. The summed E-state index contributed by atoms with van der Waals surface area (Å²) in [5, 5.41) is 12.4. The zero-order valence-electron chi connectivity index (χ0n) is 27.9. The molecule has 8 aromatic carbocycles. The summed E-state index contributed by atoms with van der Waals surface area (Å²) >= 11 is 2.42. The van der Waals surface area contributed by atoms with Crippen LogP contribution >= 0.6 is 22.6 Å². The van der Waals surface area contributed by atoms with E-state index in [-0.39, 0.29) is 22.6 Å². The molecule has 0 radical (unpaired) electrons. The predicted molar refractivity (Wildman–Crippen MR) is 213 cm³/mol. The first kappa shape index (κ1) is 29.8. The number of benzene rings is 7. The normalized spacial score (nSPS) is 13.5. The Morgan fingerprint density at radius 2 is 1.15 bits per heavy atom. The summed E-state index contributed by atoms with van der Waals surface area (Å²) in [7, 11) is 0. The molecule has 9 aromatic rings. The van der Waals surface area contributed by atoms with Crippen molar-refractivity contribution in [3.63, 3.8) is 0 Å². The first-order chi connectivity index (χ1) is 23.1. The lowest BCUT2D eigenvalue weighted by Crippen LogP contribution is -2.28. The molecule has 0 aliphatic carbocycles. The molecule has 48 heavy (non-hydrogen) atoms. The standard InChI is InChI=1S/C44H36INO2/c1-6-7-12-23(2)46-42(47)40-31-21-29(25-13-8-10-15-33(25)44(3,4)5)27-19-17-24-18-20-28-30(26-14-9-11-16-34(26)45)22-32(41(40)43(46)48)39-37(28)35(24)36(27)38(31)39/h8-11,13-23H,6-7,12H2,1-5H3. The van der Waals surface area contributed by atoms with Crippen LogP contribution in [0.1, 0.15) is 65.5 Å². The molecular weight excluding hydrogens is 701 g/mol. The number of hydrogen-bond donors (Lipinski definition) is 0. The number of aromatic nitrogens is 1. The first-order valence-corrected chi connectivity index (χ1v) is 18.2. The van der Waals surface area contributed by atoms with Gasteiger partial charge in [0.15, 0.2) is 0 Å². The molecule has 1 aromatic heterocycles. The van der Waals surface area contributed by atoms with Crippen molar-refractivity contribution in [1.29, 1.82) is 0 Å². The van der Waals surface area contributed by atoms with Gasteiger partial charge in [-0.15, -0.1) is 0 Å². The van der Waals surface area contributed by atoms with Crippen molar-refractivity contribution in [3.05, 3.63) is 115 Å². The molecule has 0 spiro atoms. The summed E-state index contributed by atoms with van der Waals surface area (Å²) in [6.07, 6.45) is 2.79.